The SMILES string of the molecule is CCNC(CCN(C)C1CCSC1)c1ccc(C)cc1. The van der Waals surface area contributed by atoms with Crippen LogP contribution in [0.1, 0.15) is 36.9 Å². The fraction of sp³-hybridized carbons (Fsp3) is 0.647. The molecule has 0 aliphatic carbocycles. The van der Waals surface area contributed by atoms with Gasteiger partial charge in [-0.2, -0.15) is 11.8 Å². The van der Waals surface area contributed by atoms with Crippen LogP contribution < -0.4 is 5.32 Å². The molecule has 1 heterocycles. The zero-order chi connectivity index (χ0) is 14.4. The van der Waals surface area contributed by atoms with Crippen LogP contribution in [0.3, 0.4) is 0 Å². The summed E-state index contributed by atoms with van der Waals surface area (Å²) < 4.78 is 0. The van der Waals surface area contributed by atoms with Crippen molar-refractivity contribution in [1.29, 1.82) is 0 Å². The molecule has 20 heavy (non-hydrogen) atoms. The van der Waals surface area contributed by atoms with Crippen molar-refractivity contribution in [3.05, 3.63) is 35.4 Å². The third-order valence-corrected chi connectivity index (χ3v) is 5.37. The molecule has 1 aliphatic rings. The van der Waals surface area contributed by atoms with E-state index in [0.29, 0.717) is 6.04 Å². The number of nitrogens with one attached hydrogen (secondary N) is 1. The second kappa shape index (κ2) is 8.06. The van der Waals surface area contributed by atoms with Gasteiger partial charge in [-0.1, -0.05) is 36.8 Å². The lowest BCUT2D eigenvalue weighted by atomic mass is 10.0. The Kier molecular flexibility index (Phi) is 6.40. The van der Waals surface area contributed by atoms with Crippen LogP contribution >= 0.6 is 11.8 Å². The third kappa shape index (κ3) is 4.51. The van der Waals surface area contributed by atoms with Crippen LogP contribution in [0.2, 0.25) is 0 Å². The van der Waals surface area contributed by atoms with E-state index in [4.69, 9.17) is 0 Å². The highest BCUT2D eigenvalue weighted by atomic mass is 32.2. The summed E-state index contributed by atoms with van der Waals surface area (Å²) in [6, 6.07) is 10.3. The average molecular weight is 292 g/mol. The Labute approximate surface area is 128 Å². The minimum atomic E-state index is 0.483. The maximum Gasteiger partial charge on any atom is 0.0332 e. The molecular weight excluding hydrogens is 264 g/mol. The minimum Gasteiger partial charge on any atom is -0.310 e. The molecule has 2 unspecified atom stereocenters. The van der Waals surface area contributed by atoms with Crippen molar-refractivity contribution in [2.24, 2.45) is 0 Å². The highest BCUT2D eigenvalue weighted by molar-refractivity contribution is 7.99. The molecule has 0 amide bonds. The number of aryl methyl sites for hydroxylation is 1. The molecule has 1 fully saturated rings. The van der Waals surface area contributed by atoms with Gasteiger partial charge in [-0.15, -0.1) is 0 Å². The van der Waals surface area contributed by atoms with Gasteiger partial charge in [0.05, 0.1) is 0 Å². The van der Waals surface area contributed by atoms with Crippen molar-refractivity contribution in [1.82, 2.24) is 10.2 Å². The summed E-state index contributed by atoms with van der Waals surface area (Å²) in [5, 5.41) is 3.63. The Balaban J connectivity index is 1.89. The first kappa shape index (κ1) is 15.9. The third-order valence-electron chi connectivity index (χ3n) is 4.23. The molecular formula is C17H28N2S. The summed E-state index contributed by atoms with van der Waals surface area (Å²) in [4.78, 5) is 2.55. The zero-order valence-electron chi connectivity index (χ0n) is 13.1. The molecule has 1 aromatic carbocycles. The number of thioether (sulfide) groups is 1. The lowest BCUT2D eigenvalue weighted by molar-refractivity contribution is 0.247. The van der Waals surface area contributed by atoms with Crippen molar-refractivity contribution < 1.29 is 0 Å². The van der Waals surface area contributed by atoms with E-state index in [1.54, 1.807) is 0 Å². The monoisotopic (exact) mass is 292 g/mol. The van der Waals surface area contributed by atoms with Gasteiger partial charge < -0.3 is 10.2 Å². The predicted molar refractivity (Wildman–Crippen MR) is 90.6 cm³/mol. The Bertz CT molecular complexity index is 384. The van der Waals surface area contributed by atoms with Crippen molar-refractivity contribution in [3.8, 4) is 0 Å². The van der Waals surface area contributed by atoms with Crippen LogP contribution in [-0.2, 0) is 0 Å². The van der Waals surface area contributed by atoms with Gasteiger partial charge in [0.25, 0.3) is 0 Å². The summed E-state index contributed by atoms with van der Waals surface area (Å²) >= 11 is 2.10. The number of hydrogen-bond acceptors (Lipinski definition) is 3. The van der Waals surface area contributed by atoms with Gasteiger partial charge in [0.15, 0.2) is 0 Å². The standard InChI is InChI=1S/C17H28N2S/c1-4-18-17(15-7-5-14(2)6-8-15)9-11-19(3)16-10-12-20-13-16/h5-8,16-18H,4,9-13H2,1-3H3. The maximum atomic E-state index is 3.63. The first-order valence-electron chi connectivity index (χ1n) is 7.78. The van der Waals surface area contributed by atoms with Gasteiger partial charge in [0, 0.05) is 17.8 Å². The van der Waals surface area contributed by atoms with Gasteiger partial charge in [-0.3, -0.25) is 0 Å². The molecule has 0 aromatic heterocycles. The van der Waals surface area contributed by atoms with E-state index in [-0.39, 0.29) is 0 Å². The van der Waals surface area contributed by atoms with E-state index in [1.165, 1.54) is 42.0 Å². The van der Waals surface area contributed by atoms with E-state index in [2.05, 4.69) is 67.1 Å². The van der Waals surface area contributed by atoms with Gasteiger partial charge in [-0.05, 0) is 51.2 Å². The van der Waals surface area contributed by atoms with E-state index in [1.807, 2.05) is 0 Å². The number of hydrogen-bond donors (Lipinski definition) is 1. The average Bonchev–Trinajstić information content (AvgIpc) is 2.98. The second-order valence-electron chi connectivity index (χ2n) is 5.81. The van der Waals surface area contributed by atoms with Crippen LogP contribution in [0.25, 0.3) is 0 Å². The molecule has 0 radical (unpaired) electrons. The lowest BCUT2D eigenvalue weighted by Crippen LogP contribution is -2.34. The van der Waals surface area contributed by atoms with Crippen molar-refractivity contribution in [3.63, 3.8) is 0 Å². The van der Waals surface area contributed by atoms with Crippen LogP contribution in [0.15, 0.2) is 24.3 Å². The Morgan fingerprint density at radius 1 is 1.35 bits per heavy atom. The van der Waals surface area contributed by atoms with E-state index in [9.17, 15) is 0 Å². The summed E-state index contributed by atoms with van der Waals surface area (Å²) in [6.45, 7) is 6.55. The molecule has 0 saturated carbocycles. The summed E-state index contributed by atoms with van der Waals surface area (Å²) in [5.74, 6) is 2.65. The summed E-state index contributed by atoms with van der Waals surface area (Å²) in [5.41, 5.74) is 2.76. The molecule has 2 nitrogen and oxygen atoms in total. The molecule has 2 rings (SSSR count). The highest BCUT2D eigenvalue weighted by Gasteiger charge is 2.20. The van der Waals surface area contributed by atoms with Crippen LogP contribution in [-0.4, -0.2) is 42.6 Å². The largest absolute Gasteiger partial charge is 0.310 e. The fourth-order valence-electron chi connectivity index (χ4n) is 2.82. The fourth-order valence-corrected chi connectivity index (χ4v) is 4.12. The zero-order valence-corrected chi connectivity index (χ0v) is 13.9. The molecule has 1 aliphatic heterocycles. The Hall–Kier alpha value is -0.510. The highest BCUT2D eigenvalue weighted by Crippen LogP contribution is 2.23. The predicted octanol–water partition coefficient (Wildman–Crippen LogP) is 3.47. The summed E-state index contributed by atoms with van der Waals surface area (Å²) in [7, 11) is 2.29. The van der Waals surface area contributed by atoms with Gasteiger partial charge in [-0.25, -0.2) is 0 Å². The quantitative estimate of drug-likeness (QED) is 0.828. The first-order chi connectivity index (χ1) is 9.70. The van der Waals surface area contributed by atoms with E-state index in [0.717, 1.165) is 12.6 Å². The second-order valence-corrected chi connectivity index (χ2v) is 6.96. The Morgan fingerprint density at radius 3 is 2.70 bits per heavy atom. The topological polar surface area (TPSA) is 15.3 Å². The Morgan fingerprint density at radius 2 is 2.10 bits per heavy atom. The molecule has 3 heteroatoms. The minimum absolute atomic E-state index is 0.483. The number of rotatable bonds is 7. The van der Waals surface area contributed by atoms with Crippen molar-refractivity contribution in [2.75, 3.05) is 31.6 Å². The molecule has 112 valence electrons. The van der Waals surface area contributed by atoms with Gasteiger partial charge in [0.1, 0.15) is 0 Å². The molecule has 0 bridgehead atoms. The molecule has 1 N–H and O–H groups in total. The van der Waals surface area contributed by atoms with E-state index >= 15 is 0 Å². The van der Waals surface area contributed by atoms with Gasteiger partial charge in [0.2, 0.25) is 0 Å². The first-order valence-corrected chi connectivity index (χ1v) is 8.94. The molecule has 1 aromatic rings. The molecule has 0 spiro atoms. The maximum absolute atomic E-state index is 3.63. The normalized spacial score (nSPS) is 20.5. The van der Waals surface area contributed by atoms with Crippen LogP contribution in [0.5, 0.6) is 0 Å². The number of benzene rings is 1. The molecule has 2 atom stereocenters. The number of nitrogens with zero attached hydrogens (tertiary/aromatic N) is 1. The van der Waals surface area contributed by atoms with Crippen LogP contribution in [0.4, 0.5) is 0 Å². The van der Waals surface area contributed by atoms with Crippen molar-refractivity contribution in [2.45, 2.75) is 38.8 Å². The summed E-state index contributed by atoms with van der Waals surface area (Å²) in [6.07, 6.45) is 2.55. The lowest BCUT2D eigenvalue weighted by Gasteiger charge is -2.26. The molecule has 1 saturated heterocycles. The van der Waals surface area contributed by atoms with Gasteiger partial charge >= 0.3 is 0 Å². The van der Waals surface area contributed by atoms with Crippen molar-refractivity contribution >= 4 is 11.8 Å². The van der Waals surface area contributed by atoms with E-state index < -0.39 is 0 Å². The smallest absolute Gasteiger partial charge is 0.0332 e. The van der Waals surface area contributed by atoms with Crippen LogP contribution in [0, 0.1) is 6.92 Å².